The summed E-state index contributed by atoms with van der Waals surface area (Å²) >= 11 is 1.75. The molecular weight excluding hydrogens is 139 g/mol. The van der Waals surface area contributed by atoms with E-state index in [9.17, 15) is 0 Å². The van der Waals surface area contributed by atoms with Gasteiger partial charge in [0.25, 0.3) is 0 Å². The third-order valence-corrected chi connectivity index (χ3v) is 2.28. The van der Waals surface area contributed by atoms with Crippen molar-refractivity contribution in [3.63, 3.8) is 0 Å². The van der Waals surface area contributed by atoms with Gasteiger partial charge in [-0.25, -0.2) is 0 Å². The molecule has 0 unspecified atom stereocenters. The summed E-state index contributed by atoms with van der Waals surface area (Å²) in [5.41, 5.74) is 2.66. The molecule has 0 spiro atoms. The Balaban J connectivity index is 2.56. The van der Waals surface area contributed by atoms with Crippen LogP contribution in [0.1, 0.15) is 11.1 Å². The SMILES string of the molecule is [B]1C=Cc2cscc2C=C1. The lowest BCUT2D eigenvalue weighted by molar-refractivity contribution is 1.81. The Morgan fingerprint density at radius 1 is 1.00 bits per heavy atom. The Labute approximate surface area is 65.1 Å². The van der Waals surface area contributed by atoms with Crippen LogP contribution in [0.4, 0.5) is 0 Å². The van der Waals surface area contributed by atoms with Crippen molar-refractivity contribution in [2.75, 3.05) is 0 Å². The topological polar surface area (TPSA) is 0 Å². The highest BCUT2D eigenvalue weighted by atomic mass is 32.1. The van der Waals surface area contributed by atoms with E-state index in [0.29, 0.717) is 0 Å². The lowest BCUT2D eigenvalue weighted by Gasteiger charge is -1.85. The molecule has 0 nitrogen and oxygen atoms in total. The van der Waals surface area contributed by atoms with Gasteiger partial charge in [0.1, 0.15) is 0 Å². The summed E-state index contributed by atoms with van der Waals surface area (Å²) in [6.45, 7) is 0. The fraction of sp³-hybridized carbons (Fsp3) is 0. The van der Waals surface area contributed by atoms with E-state index in [1.165, 1.54) is 11.1 Å². The summed E-state index contributed by atoms with van der Waals surface area (Å²) in [6.07, 6.45) is 4.26. The summed E-state index contributed by atoms with van der Waals surface area (Å²) in [7, 11) is 2.05. The molecule has 1 aliphatic rings. The van der Waals surface area contributed by atoms with Crippen LogP contribution in [-0.2, 0) is 0 Å². The van der Waals surface area contributed by atoms with E-state index in [2.05, 4.69) is 34.9 Å². The van der Waals surface area contributed by atoms with Gasteiger partial charge in [0, 0.05) is 0 Å². The number of fused-ring (bicyclic) bond motifs is 1. The summed E-state index contributed by atoms with van der Waals surface area (Å²) in [5.74, 6) is 4.13. The van der Waals surface area contributed by atoms with Gasteiger partial charge in [-0.15, -0.1) is 12.0 Å². The van der Waals surface area contributed by atoms with E-state index in [0.717, 1.165) is 0 Å². The van der Waals surface area contributed by atoms with E-state index in [1.807, 2.05) is 7.28 Å². The van der Waals surface area contributed by atoms with E-state index >= 15 is 0 Å². The van der Waals surface area contributed by atoms with E-state index in [-0.39, 0.29) is 0 Å². The maximum absolute atomic E-state index is 2.16. The predicted molar refractivity (Wildman–Crippen MR) is 48.1 cm³/mol. The molecule has 1 aromatic heterocycles. The molecule has 0 amide bonds. The Morgan fingerprint density at radius 3 is 2.20 bits per heavy atom. The molecule has 0 N–H and O–H groups in total. The molecule has 2 heteroatoms. The van der Waals surface area contributed by atoms with Crippen molar-refractivity contribution in [2.24, 2.45) is 0 Å². The summed E-state index contributed by atoms with van der Waals surface area (Å²) in [4.78, 5) is 0. The normalized spacial score (nSPS) is 14.0. The van der Waals surface area contributed by atoms with Crippen LogP contribution < -0.4 is 0 Å². The van der Waals surface area contributed by atoms with E-state index < -0.39 is 0 Å². The second kappa shape index (κ2) is 2.47. The minimum atomic E-state index is 1.33. The molecule has 0 fully saturated rings. The van der Waals surface area contributed by atoms with Crippen molar-refractivity contribution in [1.29, 1.82) is 0 Å². The molecule has 2 heterocycles. The van der Waals surface area contributed by atoms with Gasteiger partial charge in [-0.2, -0.15) is 11.3 Å². The molecule has 1 radical (unpaired) electrons. The van der Waals surface area contributed by atoms with Gasteiger partial charge in [-0.05, 0) is 21.9 Å². The van der Waals surface area contributed by atoms with Crippen molar-refractivity contribution < 1.29 is 0 Å². The Kier molecular flexibility index (Phi) is 1.48. The lowest BCUT2D eigenvalue weighted by atomic mass is 9.79. The van der Waals surface area contributed by atoms with Crippen LogP contribution in [0, 0.1) is 0 Å². The highest BCUT2D eigenvalue weighted by Crippen LogP contribution is 2.19. The number of rotatable bonds is 0. The Bertz CT molecular complexity index is 257. The standard InChI is InChI=1S/C8H6BS/c1-3-9-4-2-8-6-10-5-7(1)8/h1-6H. The second-order valence-corrected chi connectivity index (χ2v) is 2.94. The van der Waals surface area contributed by atoms with Crippen LogP contribution in [0.3, 0.4) is 0 Å². The third-order valence-electron chi connectivity index (χ3n) is 1.50. The maximum atomic E-state index is 2.16. The van der Waals surface area contributed by atoms with Gasteiger partial charge in [-0.1, -0.05) is 12.2 Å². The van der Waals surface area contributed by atoms with Gasteiger partial charge >= 0.3 is 0 Å². The zero-order valence-electron chi connectivity index (χ0n) is 5.45. The molecule has 0 aliphatic carbocycles. The van der Waals surface area contributed by atoms with Crippen LogP contribution in [0.2, 0.25) is 0 Å². The minimum Gasteiger partial charge on any atom is -0.151 e. The molecule has 47 valence electrons. The van der Waals surface area contributed by atoms with Gasteiger partial charge in [-0.3, -0.25) is 0 Å². The largest absolute Gasteiger partial charge is 0.171 e. The van der Waals surface area contributed by atoms with Crippen LogP contribution in [-0.4, -0.2) is 7.28 Å². The van der Waals surface area contributed by atoms with Crippen LogP contribution in [0.25, 0.3) is 12.2 Å². The average Bonchev–Trinajstić information content (AvgIpc) is 2.28. The highest BCUT2D eigenvalue weighted by Gasteiger charge is 1.97. The summed E-state index contributed by atoms with van der Waals surface area (Å²) in [5, 5.41) is 4.32. The summed E-state index contributed by atoms with van der Waals surface area (Å²) in [6, 6.07) is 0. The van der Waals surface area contributed by atoms with Gasteiger partial charge in [0.05, 0.1) is 0 Å². The molecule has 1 aliphatic heterocycles. The third kappa shape index (κ3) is 0.950. The fourth-order valence-corrected chi connectivity index (χ4v) is 1.76. The zero-order chi connectivity index (χ0) is 6.81. The van der Waals surface area contributed by atoms with Crippen LogP contribution in [0.15, 0.2) is 22.7 Å². The van der Waals surface area contributed by atoms with Crippen LogP contribution in [0.5, 0.6) is 0 Å². The molecule has 0 saturated carbocycles. The lowest BCUT2D eigenvalue weighted by Crippen LogP contribution is -1.70. The number of hydrogen-bond acceptors (Lipinski definition) is 1. The molecule has 0 bridgehead atoms. The minimum absolute atomic E-state index is 1.33. The zero-order valence-corrected chi connectivity index (χ0v) is 6.27. The van der Waals surface area contributed by atoms with E-state index in [4.69, 9.17) is 0 Å². The van der Waals surface area contributed by atoms with Gasteiger partial charge in [0.2, 0.25) is 0 Å². The first-order valence-electron chi connectivity index (χ1n) is 3.21. The van der Waals surface area contributed by atoms with Crippen molar-refractivity contribution >= 4 is 30.8 Å². The van der Waals surface area contributed by atoms with Crippen molar-refractivity contribution in [3.8, 4) is 0 Å². The predicted octanol–water partition coefficient (Wildman–Crippen LogP) is 2.41. The average molecular weight is 145 g/mol. The molecule has 2 rings (SSSR count). The first kappa shape index (κ1) is 5.99. The van der Waals surface area contributed by atoms with Crippen molar-refractivity contribution in [3.05, 3.63) is 33.8 Å². The van der Waals surface area contributed by atoms with Gasteiger partial charge in [0.15, 0.2) is 7.28 Å². The number of thiophene rings is 1. The van der Waals surface area contributed by atoms with Crippen LogP contribution >= 0.6 is 11.3 Å². The first-order valence-corrected chi connectivity index (χ1v) is 4.15. The monoisotopic (exact) mass is 145 g/mol. The molecular formula is C8H6BS. The quantitative estimate of drug-likeness (QED) is 0.491. The number of hydrogen-bond donors (Lipinski definition) is 0. The fourth-order valence-electron chi connectivity index (χ4n) is 0.970. The van der Waals surface area contributed by atoms with Crippen molar-refractivity contribution in [1.82, 2.24) is 0 Å². The smallest absolute Gasteiger partial charge is 0.151 e. The van der Waals surface area contributed by atoms with Gasteiger partial charge < -0.3 is 0 Å². The summed E-state index contributed by atoms with van der Waals surface area (Å²) < 4.78 is 0. The Morgan fingerprint density at radius 2 is 1.60 bits per heavy atom. The van der Waals surface area contributed by atoms with E-state index in [1.54, 1.807) is 11.3 Å². The molecule has 10 heavy (non-hydrogen) atoms. The highest BCUT2D eigenvalue weighted by molar-refractivity contribution is 7.08. The molecule has 0 saturated heterocycles. The maximum Gasteiger partial charge on any atom is 0.171 e. The Hall–Kier alpha value is -0.755. The van der Waals surface area contributed by atoms with Crippen molar-refractivity contribution in [2.45, 2.75) is 0 Å². The second-order valence-electron chi connectivity index (χ2n) is 2.19. The molecule has 1 aromatic rings. The molecule has 0 aromatic carbocycles. The first-order chi connectivity index (χ1) is 4.97. The molecule has 0 atom stereocenters.